The maximum Gasteiger partial charge on any atom is 0.317 e. The van der Waals surface area contributed by atoms with Crippen LogP contribution in [-0.2, 0) is 21.5 Å². The Labute approximate surface area is 151 Å². The van der Waals surface area contributed by atoms with Crippen LogP contribution in [0.25, 0.3) is 0 Å². The van der Waals surface area contributed by atoms with Crippen molar-refractivity contribution in [3.63, 3.8) is 0 Å². The Balaban J connectivity index is 1.86. The average Bonchev–Trinajstić information content (AvgIpc) is 3.01. The SMILES string of the molecule is CCOC(=O)[C@@]1(c2cccc(Br)c2)CCN(Cc2ccccc2)C1. The standard InChI is InChI=1S/C20H22BrNO2/c1-2-24-19(23)20(17-9-6-10-18(21)13-17)11-12-22(15-20)14-16-7-4-3-5-8-16/h3-10,13H,2,11-12,14-15H2,1H3/t20-/m0/s1. The molecule has 4 heteroatoms. The molecule has 0 spiro atoms. The molecule has 0 aliphatic carbocycles. The molecule has 24 heavy (non-hydrogen) atoms. The summed E-state index contributed by atoms with van der Waals surface area (Å²) in [4.78, 5) is 15.2. The molecular formula is C20H22BrNO2. The summed E-state index contributed by atoms with van der Waals surface area (Å²) >= 11 is 3.52. The first-order valence-electron chi connectivity index (χ1n) is 8.33. The molecule has 0 aromatic heterocycles. The highest BCUT2D eigenvalue weighted by Crippen LogP contribution is 2.37. The second kappa shape index (κ2) is 7.49. The predicted molar refractivity (Wildman–Crippen MR) is 98.8 cm³/mol. The monoisotopic (exact) mass is 387 g/mol. The van der Waals surface area contributed by atoms with E-state index in [2.05, 4.69) is 45.1 Å². The van der Waals surface area contributed by atoms with Gasteiger partial charge in [-0.05, 0) is 36.6 Å². The number of likely N-dealkylation sites (tertiary alicyclic amines) is 1. The zero-order valence-corrected chi connectivity index (χ0v) is 15.5. The van der Waals surface area contributed by atoms with Crippen molar-refractivity contribution in [2.45, 2.75) is 25.3 Å². The molecule has 1 aliphatic rings. The number of benzene rings is 2. The maximum absolute atomic E-state index is 12.8. The second-order valence-corrected chi connectivity index (χ2v) is 7.17. The van der Waals surface area contributed by atoms with Crippen molar-refractivity contribution in [1.82, 2.24) is 4.90 Å². The molecule has 126 valence electrons. The summed E-state index contributed by atoms with van der Waals surface area (Å²) in [6.45, 7) is 4.71. The van der Waals surface area contributed by atoms with Crippen molar-refractivity contribution in [1.29, 1.82) is 0 Å². The number of rotatable bonds is 5. The van der Waals surface area contributed by atoms with Gasteiger partial charge in [0, 0.05) is 24.1 Å². The van der Waals surface area contributed by atoms with Crippen molar-refractivity contribution in [2.24, 2.45) is 0 Å². The molecule has 0 unspecified atom stereocenters. The molecule has 0 N–H and O–H groups in total. The highest BCUT2D eigenvalue weighted by molar-refractivity contribution is 9.10. The first kappa shape index (κ1) is 17.2. The highest BCUT2D eigenvalue weighted by Gasteiger charge is 2.47. The van der Waals surface area contributed by atoms with Crippen LogP contribution in [-0.4, -0.2) is 30.6 Å². The Bertz CT molecular complexity index is 704. The number of nitrogens with zero attached hydrogens (tertiary/aromatic N) is 1. The first-order valence-corrected chi connectivity index (χ1v) is 9.13. The Morgan fingerprint density at radius 2 is 2.00 bits per heavy atom. The zero-order chi connectivity index (χ0) is 17.0. The van der Waals surface area contributed by atoms with Gasteiger partial charge in [-0.1, -0.05) is 58.4 Å². The van der Waals surface area contributed by atoms with Gasteiger partial charge in [-0.3, -0.25) is 9.69 Å². The Morgan fingerprint density at radius 1 is 1.21 bits per heavy atom. The highest BCUT2D eigenvalue weighted by atomic mass is 79.9. The lowest BCUT2D eigenvalue weighted by Gasteiger charge is -2.28. The van der Waals surface area contributed by atoms with Gasteiger partial charge in [0.2, 0.25) is 0 Å². The van der Waals surface area contributed by atoms with Gasteiger partial charge in [0.1, 0.15) is 5.41 Å². The molecule has 1 atom stereocenters. The fourth-order valence-corrected chi connectivity index (χ4v) is 3.84. The van der Waals surface area contributed by atoms with Gasteiger partial charge in [0.25, 0.3) is 0 Å². The third kappa shape index (κ3) is 3.55. The van der Waals surface area contributed by atoms with Gasteiger partial charge in [-0.15, -0.1) is 0 Å². The van der Waals surface area contributed by atoms with Crippen LogP contribution in [0.5, 0.6) is 0 Å². The van der Waals surface area contributed by atoms with E-state index in [1.807, 2.05) is 37.3 Å². The van der Waals surface area contributed by atoms with Crippen molar-refractivity contribution < 1.29 is 9.53 Å². The lowest BCUT2D eigenvalue weighted by atomic mass is 9.79. The van der Waals surface area contributed by atoms with E-state index in [9.17, 15) is 4.79 Å². The summed E-state index contributed by atoms with van der Waals surface area (Å²) in [6.07, 6.45) is 0.787. The fourth-order valence-electron chi connectivity index (χ4n) is 3.44. The molecule has 1 aliphatic heterocycles. The number of carbonyl (C=O) groups is 1. The van der Waals surface area contributed by atoms with Crippen LogP contribution in [0.15, 0.2) is 59.1 Å². The molecule has 1 heterocycles. The topological polar surface area (TPSA) is 29.5 Å². The van der Waals surface area contributed by atoms with E-state index in [-0.39, 0.29) is 5.97 Å². The molecule has 0 bridgehead atoms. The number of hydrogen-bond acceptors (Lipinski definition) is 3. The van der Waals surface area contributed by atoms with Crippen molar-refractivity contribution in [2.75, 3.05) is 19.7 Å². The normalized spacial score (nSPS) is 20.9. The summed E-state index contributed by atoms with van der Waals surface area (Å²) < 4.78 is 6.43. The second-order valence-electron chi connectivity index (χ2n) is 6.26. The van der Waals surface area contributed by atoms with Crippen LogP contribution in [0.3, 0.4) is 0 Å². The summed E-state index contributed by atoms with van der Waals surface area (Å²) in [5.41, 5.74) is 1.73. The first-order chi connectivity index (χ1) is 11.6. The predicted octanol–water partition coefficient (Wildman–Crippen LogP) is 4.16. The zero-order valence-electron chi connectivity index (χ0n) is 13.9. The van der Waals surface area contributed by atoms with Crippen molar-refractivity contribution in [3.05, 3.63) is 70.2 Å². The van der Waals surface area contributed by atoms with Crippen LogP contribution >= 0.6 is 15.9 Å². The molecule has 0 saturated carbocycles. The number of carbonyl (C=O) groups excluding carboxylic acids is 1. The summed E-state index contributed by atoms with van der Waals surface area (Å²) in [6, 6.07) is 18.4. The lowest BCUT2D eigenvalue weighted by Crippen LogP contribution is -2.40. The Hall–Kier alpha value is -1.65. The summed E-state index contributed by atoms with van der Waals surface area (Å²) in [7, 11) is 0. The van der Waals surface area contributed by atoms with E-state index in [4.69, 9.17) is 4.74 Å². The van der Waals surface area contributed by atoms with E-state index in [0.717, 1.165) is 29.5 Å². The van der Waals surface area contributed by atoms with Crippen molar-refractivity contribution >= 4 is 21.9 Å². The van der Waals surface area contributed by atoms with Gasteiger partial charge in [0.05, 0.1) is 6.61 Å². The average molecular weight is 388 g/mol. The quantitative estimate of drug-likeness (QED) is 0.721. The van der Waals surface area contributed by atoms with E-state index in [1.54, 1.807) is 0 Å². The van der Waals surface area contributed by atoms with Gasteiger partial charge in [-0.25, -0.2) is 0 Å². The van der Waals surface area contributed by atoms with Crippen LogP contribution in [0.1, 0.15) is 24.5 Å². The van der Waals surface area contributed by atoms with Crippen molar-refractivity contribution in [3.8, 4) is 0 Å². The third-order valence-corrected chi connectivity index (χ3v) is 5.13. The maximum atomic E-state index is 12.8. The van der Waals surface area contributed by atoms with Gasteiger partial charge in [-0.2, -0.15) is 0 Å². The Morgan fingerprint density at radius 3 is 2.71 bits per heavy atom. The lowest BCUT2D eigenvalue weighted by molar-refractivity contribution is -0.149. The number of halogens is 1. The number of esters is 1. The molecule has 3 rings (SSSR count). The van der Waals surface area contributed by atoms with E-state index in [1.165, 1.54) is 5.56 Å². The number of hydrogen-bond donors (Lipinski definition) is 0. The molecule has 2 aromatic carbocycles. The molecular weight excluding hydrogens is 366 g/mol. The Kier molecular flexibility index (Phi) is 5.36. The summed E-state index contributed by atoms with van der Waals surface area (Å²) in [5, 5.41) is 0. The summed E-state index contributed by atoms with van der Waals surface area (Å²) in [5.74, 6) is -0.112. The molecule has 3 nitrogen and oxygen atoms in total. The van der Waals surface area contributed by atoms with E-state index < -0.39 is 5.41 Å². The van der Waals surface area contributed by atoms with Gasteiger partial charge < -0.3 is 4.74 Å². The molecule has 0 amide bonds. The smallest absolute Gasteiger partial charge is 0.317 e. The number of ether oxygens (including phenoxy) is 1. The fraction of sp³-hybridized carbons (Fsp3) is 0.350. The molecule has 2 aromatic rings. The third-order valence-electron chi connectivity index (χ3n) is 4.64. The van der Waals surface area contributed by atoms with Gasteiger partial charge in [0.15, 0.2) is 0 Å². The van der Waals surface area contributed by atoms with Crippen LogP contribution in [0.2, 0.25) is 0 Å². The largest absolute Gasteiger partial charge is 0.465 e. The van der Waals surface area contributed by atoms with E-state index in [0.29, 0.717) is 13.2 Å². The van der Waals surface area contributed by atoms with Crippen LogP contribution < -0.4 is 0 Å². The minimum absolute atomic E-state index is 0.112. The minimum Gasteiger partial charge on any atom is -0.465 e. The van der Waals surface area contributed by atoms with Gasteiger partial charge >= 0.3 is 5.97 Å². The van der Waals surface area contributed by atoms with Crippen LogP contribution in [0.4, 0.5) is 0 Å². The molecule has 1 fully saturated rings. The van der Waals surface area contributed by atoms with Crippen LogP contribution in [0, 0.1) is 0 Å². The van der Waals surface area contributed by atoms with E-state index >= 15 is 0 Å². The molecule has 0 radical (unpaired) electrons. The minimum atomic E-state index is -0.575. The molecule has 1 saturated heterocycles.